The highest BCUT2D eigenvalue weighted by Gasteiger charge is 2.30. The number of rotatable bonds is 4. The Hall–Kier alpha value is -2.05. The number of carbonyl (C=O) groups is 1. The summed E-state index contributed by atoms with van der Waals surface area (Å²) in [5.74, 6) is 0.960. The van der Waals surface area contributed by atoms with Crippen molar-refractivity contribution in [2.45, 2.75) is 32.1 Å². The summed E-state index contributed by atoms with van der Waals surface area (Å²) < 4.78 is 31.1. The van der Waals surface area contributed by atoms with Gasteiger partial charge in [-0.15, -0.1) is 10.2 Å². The summed E-state index contributed by atoms with van der Waals surface area (Å²) >= 11 is 0. The van der Waals surface area contributed by atoms with Gasteiger partial charge >= 0.3 is 0 Å². The molecular formula is C12H11F2N3O2. The van der Waals surface area contributed by atoms with E-state index in [0.29, 0.717) is 17.7 Å². The Morgan fingerprint density at radius 2 is 2.16 bits per heavy atom. The van der Waals surface area contributed by atoms with Crippen LogP contribution < -0.4 is 0 Å². The maximum Gasteiger partial charge on any atom is 0.278 e. The Morgan fingerprint density at radius 1 is 1.42 bits per heavy atom. The van der Waals surface area contributed by atoms with Gasteiger partial charge in [-0.2, -0.15) is 0 Å². The maximum atomic E-state index is 12.8. The Balaban J connectivity index is 2.05. The molecule has 2 aromatic heterocycles. The van der Waals surface area contributed by atoms with E-state index in [9.17, 15) is 13.6 Å². The highest BCUT2D eigenvalue weighted by molar-refractivity contribution is 5.83. The topological polar surface area (TPSA) is 71.8 Å². The molecule has 0 aliphatic heterocycles. The number of aromatic nitrogens is 3. The third-order valence-electron chi connectivity index (χ3n) is 3.25. The lowest BCUT2D eigenvalue weighted by atomic mass is 10.1. The van der Waals surface area contributed by atoms with Crippen LogP contribution in [0.2, 0.25) is 0 Å². The number of hydrogen-bond acceptors (Lipinski definition) is 4. The van der Waals surface area contributed by atoms with Crippen LogP contribution in [-0.4, -0.2) is 21.5 Å². The highest BCUT2D eigenvalue weighted by Crippen LogP contribution is 2.40. The fraction of sp³-hybridized carbons (Fsp3) is 0.417. The standard InChI is InChI=1S/C12H11F2N3O2/c1-5-7(4-18)9(10(13)14)15-8(5)12-17-16-11(19-12)6-2-3-6/h4,6,10,15H,2-3H2,1H3. The summed E-state index contributed by atoms with van der Waals surface area (Å²) in [7, 11) is 0. The van der Waals surface area contributed by atoms with Crippen molar-refractivity contribution in [1.82, 2.24) is 15.2 Å². The average molecular weight is 267 g/mol. The number of aromatic amines is 1. The average Bonchev–Trinajstić information content (AvgIpc) is 3.01. The molecule has 1 aliphatic carbocycles. The van der Waals surface area contributed by atoms with Gasteiger partial charge in [0.25, 0.3) is 12.3 Å². The first-order valence-electron chi connectivity index (χ1n) is 5.91. The molecule has 5 nitrogen and oxygen atoms in total. The molecule has 0 saturated heterocycles. The van der Waals surface area contributed by atoms with Crippen LogP contribution in [0.15, 0.2) is 4.42 Å². The zero-order chi connectivity index (χ0) is 13.6. The third-order valence-corrected chi connectivity index (χ3v) is 3.25. The first-order valence-corrected chi connectivity index (χ1v) is 5.91. The molecule has 0 spiro atoms. The zero-order valence-electron chi connectivity index (χ0n) is 10.1. The van der Waals surface area contributed by atoms with Crippen molar-refractivity contribution in [1.29, 1.82) is 0 Å². The molecule has 0 aromatic carbocycles. The Morgan fingerprint density at radius 3 is 2.68 bits per heavy atom. The molecule has 1 N–H and O–H groups in total. The Bertz CT molecular complexity index is 629. The minimum Gasteiger partial charge on any atom is -0.419 e. The van der Waals surface area contributed by atoms with Gasteiger partial charge in [0.05, 0.1) is 5.69 Å². The van der Waals surface area contributed by atoms with Crippen LogP contribution in [0.1, 0.15) is 52.7 Å². The molecule has 0 unspecified atom stereocenters. The van der Waals surface area contributed by atoms with Crippen molar-refractivity contribution in [2.24, 2.45) is 0 Å². The van der Waals surface area contributed by atoms with Gasteiger partial charge in [0, 0.05) is 11.5 Å². The molecule has 2 heterocycles. The van der Waals surface area contributed by atoms with Crippen LogP contribution in [0.4, 0.5) is 8.78 Å². The maximum absolute atomic E-state index is 12.8. The van der Waals surface area contributed by atoms with Crippen LogP contribution >= 0.6 is 0 Å². The lowest BCUT2D eigenvalue weighted by molar-refractivity contribution is 0.110. The van der Waals surface area contributed by atoms with E-state index < -0.39 is 12.1 Å². The zero-order valence-corrected chi connectivity index (χ0v) is 10.1. The number of H-pyrrole nitrogens is 1. The van der Waals surface area contributed by atoms with Gasteiger partial charge in [-0.05, 0) is 25.3 Å². The molecule has 3 rings (SSSR count). The number of aldehydes is 1. The first-order chi connectivity index (χ1) is 9.11. The second-order valence-corrected chi connectivity index (χ2v) is 4.59. The van der Waals surface area contributed by atoms with Gasteiger partial charge in [0.15, 0.2) is 6.29 Å². The van der Waals surface area contributed by atoms with Gasteiger partial charge in [0.1, 0.15) is 5.69 Å². The third kappa shape index (κ3) is 1.94. The molecule has 1 aliphatic rings. The van der Waals surface area contributed by atoms with Crippen molar-refractivity contribution < 1.29 is 18.0 Å². The molecule has 0 amide bonds. The fourth-order valence-corrected chi connectivity index (χ4v) is 2.00. The number of nitrogens with one attached hydrogen (secondary N) is 1. The molecule has 0 radical (unpaired) electrons. The van der Waals surface area contributed by atoms with Gasteiger partial charge in [0.2, 0.25) is 5.89 Å². The van der Waals surface area contributed by atoms with Crippen molar-refractivity contribution in [3.05, 3.63) is 22.7 Å². The van der Waals surface area contributed by atoms with E-state index in [1.54, 1.807) is 6.92 Å². The summed E-state index contributed by atoms with van der Waals surface area (Å²) in [6.07, 6.45) is -0.325. The van der Waals surface area contributed by atoms with Gasteiger partial charge < -0.3 is 9.40 Å². The van der Waals surface area contributed by atoms with E-state index in [1.165, 1.54) is 0 Å². The second kappa shape index (κ2) is 4.25. The van der Waals surface area contributed by atoms with E-state index in [1.807, 2.05) is 0 Å². The van der Waals surface area contributed by atoms with Crippen LogP contribution in [0.25, 0.3) is 11.6 Å². The number of hydrogen-bond donors (Lipinski definition) is 1. The monoisotopic (exact) mass is 267 g/mol. The van der Waals surface area contributed by atoms with E-state index in [4.69, 9.17) is 4.42 Å². The predicted octanol–water partition coefficient (Wildman–Crippen LogP) is 3.00. The molecule has 19 heavy (non-hydrogen) atoms. The van der Waals surface area contributed by atoms with Crippen molar-refractivity contribution in [2.75, 3.05) is 0 Å². The highest BCUT2D eigenvalue weighted by atomic mass is 19.3. The minimum atomic E-state index is -2.75. The summed E-state index contributed by atoms with van der Waals surface area (Å²) in [5.41, 5.74) is 0.234. The number of nitrogens with zero attached hydrogens (tertiary/aromatic N) is 2. The number of alkyl halides is 2. The summed E-state index contributed by atoms with van der Waals surface area (Å²) in [6.45, 7) is 1.57. The lowest BCUT2D eigenvalue weighted by Crippen LogP contribution is -1.90. The molecule has 2 aromatic rings. The van der Waals surface area contributed by atoms with E-state index >= 15 is 0 Å². The van der Waals surface area contributed by atoms with Crippen molar-refractivity contribution in [3.8, 4) is 11.6 Å². The summed E-state index contributed by atoms with van der Waals surface area (Å²) in [4.78, 5) is 13.4. The lowest BCUT2D eigenvalue weighted by Gasteiger charge is -1.95. The van der Waals surface area contributed by atoms with Crippen LogP contribution in [-0.2, 0) is 0 Å². The molecule has 1 saturated carbocycles. The predicted molar refractivity (Wildman–Crippen MR) is 61.1 cm³/mol. The molecule has 1 fully saturated rings. The fourth-order valence-electron chi connectivity index (χ4n) is 2.00. The molecule has 0 atom stereocenters. The molecule has 7 heteroatoms. The van der Waals surface area contributed by atoms with E-state index in [2.05, 4.69) is 15.2 Å². The normalized spacial score (nSPS) is 15.2. The van der Waals surface area contributed by atoms with E-state index in [-0.39, 0.29) is 23.1 Å². The van der Waals surface area contributed by atoms with Crippen LogP contribution in [0.3, 0.4) is 0 Å². The van der Waals surface area contributed by atoms with Gasteiger partial charge in [-0.1, -0.05) is 0 Å². The van der Waals surface area contributed by atoms with Gasteiger partial charge in [-0.25, -0.2) is 8.78 Å². The molecular weight excluding hydrogens is 256 g/mol. The van der Waals surface area contributed by atoms with Crippen molar-refractivity contribution in [3.63, 3.8) is 0 Å². The second-order valence-electron chi connectivity index (χ2n) is 4.59. The summed E-state index contributed by atoms with van der Waals surface area (Å²) in [5, 5.41) is 7.74. The number of carbonyl (C=O) groups excluding carboxylic acids is 1. The quantitative estimate of drug-likeness (QED) is 0.864. The number of halogens is 2. The Kier molecular flexibility index (Phi) is 2.69. The molecule has 100 valence electrons. The molecule has 0 bridgehead atoms. The van der Waals surface area contributed by atoms with Crippen LogP contribution in [0.5, 0.6) is 0 Å². The SMILES string of the molecule is Cc1c(-c2nnc(C3CC3)o2)[nH]c(C(F)F)c1C=O. The van der Waals surface area contributed by atoms with Crippen LogP contribution in [0, 0.1) is 6.92 Å². The van der Waals surface area contributed by atoms with Gasteiger partial charge in [-0.3, -0.25) is 4.79 Å². The smallest absolute Gasteiger partial charge is 0.278 e. The largest absolute Gasteiger partial charge is 0.419 e. The van der Waals surface area contributed by atoms with Crippen molar-refractivity contribution >= 4 is 6.29 Å². The minimum absolute atomic E-state index is 0.0452. The summed E-state index contributed by atoms with van der Waals surface area (Å²) in [6, 6.07) is 0. The Labute approximate surface area is 107 Å². The van der Waals surface area contributed by atoms with E-state index in [0.717, 1.165) is 12.8 Å². The first kappa shape index (κ1) is 12.0.